The quantitative estimate of drug-likeness (QED) is 0.509. The highest BCUT2D eigenvalue weighted by Gasteiger charge is 2.26. The number of aliphatic carboxylic acids is 1. The van der Waals surface area contributed by atoms with Gasteiger partial charge < -0.3 is 9.90 Å². The van der Waals surface area contributed by atoms with E-state index in [0.29, 0.717) is 4.48 Å². The van der Waals surface area contributed by atoms with Gasteiger partial charge in [-0.1, -0.05) is 0 Å². The van der Waals surface area contributed by atoms with Crippen LogP contribution >= 0.6 is 0 Å². The molecule has 0 aliphatic rings. The zero-order valence-corrected chi connectivity index (χ0v) is 11.4. The molecule has 100 valence electrons. The largest absolute Gasteiger partial charge is 0.550 e. The number of carbonyl (C=O) groups is 3. The van der Waals surface area contributed by atoms with E-state index in [1.807, 2.05) is 0 Å². The van der Waals surface area contributed by atoms with E-state index in [4.69, 9.17) is 0 Å². The van der Waals surface area contributed by atoms with Gasteiger partial charge in [-0.25, -0.2) is 4.79 Å². The van der Waals surface area contributed by atoms with Gasteiger partial charge in [-0.2, -0.15) is 0 Å². The number of ketones is 1. The Labute approximate surface area is 103 Å². The molecular weight excluding hydrogens is 222 g/mol. The van der Waals surface area contributed by atoms with Crippen molar-refractivity contribution in [2.24, 2.45) is 0 Å². The third-order valence-corrected chi connectivity index (χ3v) is 2.88. The van der Waals surface area contributed by atoms with Crippen molar-refractivity contribution in [3.63, 3.8) is 0 Å². The van der Waals surface area contributed by atoms with Crippen LogP contribution in [0.3, 0.4) is 0 Å². The summed E-state index contributed by atoms with van der Waals surface area (Å²) in [7, 11) is 0. The fraction of sp³-hybridized carbons (Fsp3) is 0.750. The smallest absolute Gasteiger partial charge is 0.310 e. The van der Waals surface area contributed by atoms with E-state index in [9.17, 15) is 19.5 Å². The highest BCUT2D eigenvalue weighted by Crippen LogP contribution is 2.05. The van der Waals surface area contributed by atoms with Crippen LogP contribution in [0.1, 0.15) is 41.0 Å². The number of hydrogen-bond acceptors (Lipinski definition) is 4. The second-order valence-corrected chi connectivity index (χ2v) is 3.86. The summed E-state index contributed by atoms with van der Waals surface area (Å²) in [6.45, 7) is 11.8. The van der Waals surface area contributed by atoms with Crippen molar-refractivity contribution in [2.45, 2.75) is 41.0 Å². The highest BCUT2D eigenvalue weighted by atomic mass is 16.4. The summed E-state index contributed by atoms with van der Waals surface area (Å²) in [5, 5.41) is 9.48. The molecule has 1 amide bonds. The number of nitrogens with zero attached hydrogens (tertiary/aromatic N) is 1. The third kappa shape index (κ3) is 7.63. The zero-order chi connectivity index (χ0) is 14.1. The number of rotatable bonds is 5. The predicted octanol–water partition coefficient (Wildman–Crippen LogP) is 0.125. The van der Waals surface area contributed by atoms with E-state index < -0.39 is 12.4 Å². The second kappa shape index (κ2) is 8.87. The monoisotopic (exact) mass is 245 g/mol. The lowest BCUT2D eigenvalue weighted by Crippen LogP contribution is -2.51. The summed E-state index contributed by atoms with van der Waals surface area (Å²) >= 11 is 0. The molecule has 0 aromatic heterocycles. The van der Waals surface area contributed by atoms with Crippen LogP contribution in [0.5, 0.6) is 0 Å². The first-order chi connectivity index (χ1) is 7.75. The molecule has 0 bridgehead atoms. The number of amides is 1. The predicted molar refractivity (Wildman–Crippen MR) is 62.9 cm³/mol. The maximum atomic E-state index is 11.1. The van der Waals surface area contributed by atoms with Crippen molar-refractivity contribution in [1.29, 1.82) is 0 Å². The van der Waals surface area contributed by atoms with Gasteiger partial charge >= 0.3 is 5.91 Å². The molecule has 0 aliphatic carbocycles. The summed E-state index contributed by atoms with van der Waals surface area (Å²) in [6, 6.07) is 0. The summed E-state index contributed by atoms with van der Waals surface area (Å²) in [5.41, 5.74) is 0. The lowest BCUT2D eigenvalue weighted by atomic mass is 10.3. The minimum atomic E-state index is -1.31. The molecule has 0 unspecified atom stereocenters. The summed E-state index contributed by atoms with van der Waals surface area (Å²) in [4.78, 5) is 30.4. The van der Waals surface area contributed by atoms with Crippen molar-refractivity contribution in [2.75, 3.05) is 19.6 Å². The minimum Gasteiger partial charge on any atom is -0.550 e. The molecular formula is C12H23NO4. The molecule has 5 heteroatoms. The molecule has 0 spiro atoms. The van der Waals surface area contributed by atoms with E-state index in [1.165, 1.54) is 6.92 Å². The number of quaternary nitrogens is 1. The molecule has 0 radical (unpaired) electrons. The second-order valence-electron chi connectivity index (χ2n) is 3.86. The number of hydrogen-bond donors (Lipinski definition) is 0. The van der Waals surface area contributed by atoms with E-state index in [1.54, 1.807) is 6.92 Å². The van der Waals surface area contributed by atoms with Gasteiger partial charge in [0, 0.05) is 12.4 Å². The van der Waals surface area contributed by atoms with Crippen molar-refractivity contribution >= 4 is 17.7 Å². The Morgan fingerprint density at radius 1 is 0.941 bits per heavy atom. The average molecular weight is 245 g/mol. The molecule has 0 heterocycles. The number of carboxylic acids is 1. The molecule has 0 saturated heterocycles. The van der Waals surface area contributed by atoms with E-state index in [-0.39, 0.29) is 11.7 Å². The van der Waals surface area contributed by atoms with Crippen molar-refractivity contribution in [3.05, 3.63) is 0 Å². The Balaban J connectivity index is 0. The molecule has 0 N–H and O–H groups in total. The third-order valence-electron chi connectivity index (χ3n) is 2.88. The van der Waals surface area contributed by atoms with Gasteiger partial charge in [-0.15, -0.1) is 0 Å². The fourth-order valence-corrected chi connectivity index (χ4v) is 1.54. The Bertz CT molecular complexity index is 249. The van der Waals surface area contributed by atoms with Crippen LogP contribution in [0.2, 0.25) is 0 Å². The Morgan fingerprint density at radius 2 is 1.29 bits per heavy atom. The Hall–Kier alpha value is -1.23. The SMILES string of the molecule is CC(=O)CC(=O)[O-].CC[N+](CC)(CC)C(C)=O. The first kappa shape index (κ1) is 18.1. The van der Waals surface area contributed by atoms with Crippen molar-refractivity contribution in [3.8, 4) is 0 Å². The first-order valence-electron chi connectivity index (χ1n) is 5.82. The Kier molecular flexibility index (Phi) is 9.47. The first-order valence-corrected chi connectivity index (χ1v) is 5.82. The van der Waals surface area contributed by atoms with Gasteiger partial charge in [0.15, 0.2) is 0 Å². The molecule has 5 nitrogen and oxygen atoms in total. The lowest BCUT2D eigenvalue weighted by Gasteiger charge is -2.31. The van der Waals surface area contributed by atoms with E-state index in [2.05, 4.69) is 20.8 Å². The van der Waals surface area contributed by atoms with E-state index in [0.717, 1.165) is 19.6 Å². The van der Waals surface area contributed by atoms with Crippen LogP contribution in [0.25, 0.3) is 0 Å². The standard InChI is InChI=1S/C8H18NO.C4H6O3/c1-5-9(6-2,7-3)8(4)10;1-3(5)2-4(6)7/h5-7H2,1-4H3;2H2,1H3,(H,6,7)/q+1;/p-1. The van der Waals surface area contributed by atoms with E-state index >= 15 is 0 Å². The number of Topliss-reactive ketones (excluding diaryl/α,β-unsaturated/α-hetero) is 1. The van der Waals surface area contributed by atoms with Gasteiger partial charge in [-0.3, -0.25) is 9.28 Å². The van der Waals surface area contributed by atoms with Gasteiger partial charge in [-0.05, 0) is 27.7 Å². The lowest BCUT2D eigenvalue weighted by molar-refractivity contribution is -0.848. The molecule has 0 atom stereocenters. The molecule has 0 aromatic rings. The normalized spacial score (nSPS) is 10.2. The fourth-order valence-electron chi connectivity index (χ4n) is 1.54. The van der Waals surface area contributed by atoms with Gasteiger partial charge in [0.1, 0.15) is 5.78 Å². The van der Waals surface area contributed by atoms with Crippen LogP contribution in [-0.2, 0) is 14.4 Å². The van der Waals surface area contributed by atoms with Gasteiger partial charge in [0.25, 0.3) is 0 Å². The molecule has 0 aromatic carbocycles. The Morgan fingerprint density at radius 3 is 1.29 bits per heavy atom. The van der Waals surface area contributed by atoms with Crippen LogP contribution in [-0.4, -0.2) is 41.8 Å². The van der Waals surface area contributed by atoms with Crippen molar-refractivity contribution < 1.29 is 24.0 Å². The molecule has 0 aliphatic heterocycles. The average Bonchev–Trinajstić information content (AvgIpc) is 2.19. The van der Waals surface area contributed by atoms with Crippen LogP contribution in [0.4, 0.5) is 0 Å². The summed E-state index contributed by atoms with van der Waals surface area (Å²) in [5.74, 6) is -1.40. The summed E-state index contributed by atoms with van der Waals surface area (Å²) < 4.78 is 0.625. The molecule has 0 fully saturated rings. The van der Waals surface area contributed by atoms with Crippen LogP contribution in [0, 0.1) is 0 Å². The maximum absolute atomic E-state index is 11.1. The zero-order valence-electron chi connectivity index (χ0n) is 11.4. The van der Waals surface area contributed by atoms with Gasteiger partial charge in [0.2, 0.25) is 0 Å². The molecule has 17 heavy (non-hydrogen) atoms. The summed E-state index contributed by atoms with van der Waals surface area (Å²) in [6.07, 6.45) is -0.472. The van der Waals surface area contributed by atoms with Crippen LogP contribution < -0.4 is 5.11 Å². The number of carboxylic acid groups (broad SMARTS) is 1. The van der Waals surface area contributed by atoms with Gasteiger partial charge in [0.05, 0.1) is 26.6 Å². The maximum Gasteiger partial charge on any atom is 0.310 e. The van der Waals surface area contributed by atoms with Crippen LogP contribution in [0.15, 0.2) is 0 Å². The van der Waals surface area contributed by atoms with Crippen molar-refractivity contribution in [1.82, 2.24) is 0 Å². The topological polar surface area (TPSA) is 74.3 Å². The highest BCUT2D eigenvalue weighted by molar-refractivity contribution is 5.92. The molecule has 0 rings (SSSR count). The molecule has 0 saturated carbocycles. The number of carbonyl (C=O) groups excluding carboxylic acids is 3. The minimum absolute atomic E-state index is 0.285.